The van der Waals surface area contributed by atoms with E-state index in [-0.39, 0.29) is 0 Å². The van der Waals surface area contributed by atoms with Crippen LogP contribution in [-0.2, 0) is 13.1 Å². The Morgan fingerprint density at radius 3 is 3.11 bits per heavy atom. The molecule has 100 valence electrons. The molecule has 0 aliphatic carbocycles. The molecule has 2 aromatic rings. The van der Waals surface area contributed by atoms with E-state index in [0.29, 0.717) is 10.5 Å². The zero-order valence-electron chi connectivity index (χ0n) is 10.8. The van der Waals surface area contributed by atoms with Gasteiger partial charge in [-0.3, -0.25) is 0 Å². The van der Waals surface area contributed by atoms with E-state index in [1.54, 1.807) is 11.3 Å². The number of fused-ring (bicyclic) bond motifs is 1. The average Bonchev–Trinajstić information content (AvgIpc) is 2.74. The molecule has 0 spiro atoms. The summed E-state index contributed by atoms with van der Waals surface area (Å²) < 4.78 is 0.615. The van der Waals surface area contributed by atoms with Crippen molar-refractivity contribution in [2.75, 3.05) is 11.4 Å². The predicted octanol–water partition coefficient (Wildman–Crippen LogP) is 3.29. The second-order valence-electron chi connectivity index (χ2n) is 4.87. The molecule has 0 radical (unpaired) electrons. The number of anilines is 1. The third-order valence-corrected chi connectivity index (χ3v) is 4.44. The molecule has 1 aliphatic rings. The van der Waals surface area contributed by atoms with Gasteiger partial charge in [0.2, 0.25) is 0 Å². The first-order valence-corrected chi connectivity index (χ1v) is 7.58. The van der Waals surface area contributed by atoms with Crippen molar-refractivity contribution >= 4 is 28.6 Å². The molecule has 5 heteroatoms. The van der Waals surface area contributed by atoms with Crippen molar-refractivity contribution in [2.24, 2.45) is 0 Å². The van der Waals surface area contributed by atoms with Crippen molar-refractivity contribution in [3.8, 4) is 0 Å². The standard InChI is InChI=1S/C14H16ClN3S/c1-10-8-18(9-12-7-17-14(15)19-12)13-5-3-2-4-11(13)6-16-10/h2-5,7,10,16H,6,8-9H2,1H3. The van der Waals surface area contributed by atoms with E-state index in [0.717, 1.165) is 19.6 Å². The Morgan fingerprint density at radius 1 is 1.47 bits per heavy atom. The summed E-state index contributed by atoms with van der Waals surface area (Å²) in [6.07, 6.45) is 1.87. The monoisotopic (exact) mass is 293 g/mol. The number of rotatable bonds is 2. The molecular formula is C14H16ClN3S. The summed E-state index contributed by atoms with van der Waals surface area (Å²) in [5.74, 6) is 0. The molecule has 1 N–H and O–H groups in total. The first-order chi connectivity index (χ1) is 9.22. The minimum Gasteiger partial charge on any atom is -0.365 e. The maximum absolute atomic E-state index is 5.92. The first kappa shape index (κ1) is 12.9. The van der Waals surface area contributed by atoms with E-state index in [1.807, 2.05) is 6.20 Å². The largest absolute Gasteiger partial charge is 0.365 e. The van der Waals surface area contributed by atoms with Crippen LogP contribution in [0.5, 0.6) is 0 Å². The number of para-hydroxylation sites is 1. The van der Waals surface area contributed by atoms with Gasteiger partial charge in [-0.05, 0) is 18.6 Å². The maximum atomic E-state index is 5.92. The van der Waals surface area contributed by atoms with E-state index >= 15 is 0 Å². The molecule has 1 aromatic carbocycles. The highest BCUT2D eigenvalue weighted by Gasteiger charge is 2.19. The molecule has 1 unspecified atom stereocenters. The van der Waals surface area contributed by atoms with Gasteiger partial charge in [0.15, 0.2) is 4.47 Å². The lowest BCUT2D eigenvalue weighted by atomic mass is 10.1. The number of thiazole rings is 1. The number of aromatic nitrogens is 1. The van der Waals surface area contributed by atoms with Crippen LogP contribution in [0.2, 0.25) is 4.47 Å². The Labute approximate surface area is 122 Å². The molecule has 3 nitrogen and oxygen atoms in total. The molecule has 0 saturated carbocycles. The topological polar surface area (TPSA) is 28.2 Å². The SMILES string of the molecule is CC1CN(Cc2cnc(Cl)s2)c2ccccc2CN1. The van der Waals surface area contributed by atoms with Crippen LogP contribution in [0.25, 0.3) is 0 Å². The van der Waals surface area contributed by atoms with Gasteiger partial charge in [-0.15, -0.1) is 11.3 Å². The van der Waals surface area contributed by atoms with Crippen LogP contribution < -0.4 is 10.2 Å². The summed E-state index contributed by atoms with van der Waals surface area (Å²) >= 11 is 7.47. The molecule has 1 atom stereocenters. The van der Waals surface area contributed by atoms with Gasteiger partial charge in [0, 0.05) is 35.9 Å². The van der Waals surface area contributed by atoms with Crippen LogP contribution >= 0.6 is 22.9 Å². The molecule has 0 bridgehead atoms. The van der Waals surface area contributed by atoms with Gasteiger partial charge in [-0.1, -0.05) is 29.8 Å². The van der Waals surface area contributed by atoms with Crippen LogP contribution in [-0.4, -0.2) is 17.6 Å². The van der Waals surface area contributed by atoms with Crippen molar-refractivity contribution in [1.82, 2.24) is 10.3 Å². The molecule has 3 rings (SSSR count). The maximum Gasteiger partial charge on any atom is 0.183 e. The summed E-state index contributed by atoms with van der Waals surface area (Å²) in [5, 5.41) is 3.54. The van der Waals surface area contributed by atoms with E-state index in [1.165, 1.54) is 16.1 Å². The fourth-order valence-corrected chi connectivity index (χ4v) is 3.43. The zero-order chi connectivity index (χ0) is 13.2. The van der Waals surface area contributed by atoms with Crippen LogP contribution in [0.1, 0.15) is 17.4 Å². The van der Waals surface area contributed by atoms with E-state index < -0.39 is 0 Å². The Kier molecular flexibility index (Phi) is 3.73. The molecule has 1 aromatic heterocycles. The zero-order valence-corrected chi connectivity index (χ0v) is 12.3. The van der Waals surface area contributed by atoms with Gasteiger partial charge in [-0.25, -0.2) is 4.98 Å². The lowest BCUT2D eigenvalue weighted by Crippen LogP contribution is -2.35. The van der Waals surface area contributed by atoms with Crippen LogP contribution in [0.15, 0.2) is 30.5 Å². The summed E-state index contributed by atoms with van der Waals surface area (Å²) in [7, 11) is 0. The Hall–Kier alpha value is -1.10. The van der Waals surface area contributed by atoms with Crippen molar-refractivity contribution in [3.05, 3.63) is 45.4 Å². The first-order valence-electron chi connectivity index (χ1n) is 6.39. The second-order valence-corrected chi connectivity index (χ2v) is 6.57. The average molecular weight is 294 g/mol. The lowest BCUT2D eigenvalue weighted by Gasteiger charge is -2.25. The molecule has 0 saturated heterocycles. The van der Waals surface area contributed by atoms with Crippen LogP contribution in [0, 0.1) is 0 Å². The van der Waals surface area contributed by atoms with E-state index in [9.17, 15) is 0 Å². The number of halogens is 1. The van der Waals surface area contributed by atoms with E-state index in [2.05, 4.69) is 46.4 Å². The fraction of sp³-hybridized carbons (Fsp3) is 0.357. The summed E-state index contributed by atoms with van der Waals surface area (Å²) in [5.41, 5.74) is 2.66. The summed E-state index contributed by atoms with van der Waals surface area (Å²) in [6.45, 7) is 5.01. The third kappa shape index (κ3) is 2.91. The number of nitrogens with zero attached hydrogens (tertiary/aromatic N) is 2. The molecule has 0 fully saturated rings. The lowest BCUT2D eigenvalue weighted by molar-refractivity contribution is 0.553. The number of hydrogen-bond donors (Lipinski definition) is 1. The smallest absolute Gasteiger partial charge is 0.183 e. The molecule has 1 aliphatic heterocycles. The highest BCUT2D eigenvalue weighted by Crippen LogP contribution is 2.27. The number of hydrogen-bond acceptors (Lipinski definition) is 4. The van der Waals surface area contributed by atoms with Gasteiger partial charge < -0.3 is 10.2 Å². The Morgan fingerprint density at radius 2 is 2.32 bits per heavy atom. The van der Waals surface area contributed by atoms with Gasteiger partial charge in [0.25, 0.3) is 0 Å². The minimum atomic E-state index is 0.468. The highest BCUT2D eigenvalue weighted by molar-refractivity contribution is 7.15. The molecule has 0 amide bonds. The molecule has 19 heavy (non-hydrogen) atoms. The molecule has 2 heterocycles. The van der Waals surface area contributed by atoms with Gasteiger partial charge >= 0.3 is 0 Å². The minimum absolute atomic E-state index is 0.468. The van der Waals surface area contributed by atoms with Crippen LogP contribution in [0.4, 0.5) is 5.69 Å². The van der Waals surface area contributed by atoms with Gasteiger partial charge in [0.1, 0.15) is 0 Å². The Balaban J connectivity index is 1.89. The van der Waals surface area contributed by atoms with Gasteiger partial charge in [-0.2, -0.15) is 0 Å². The second kappa shape index (κ2) is 5.49. The van der Waals surface area contributed by atoms with E-state index in [4.69, 9.17) is 11.6 Å². The van der Waals surface area contributed by atoms with Crippen LogP contribution in [0.3, 0.4) is 0 Å². The predicted molar refractivity (Wildman–Crippen MR) is 80.9 cm³/mol. The highest BCUT2D eigenvalue weighted by atomic mass is 35.5. The van der Waals surface area contributed by atoms with Crippen molar-refractivity contribution in [2.45, 2.75) is 26.1 Å². The summed E-state index contributed by atoms with van der Waals surface area (Å²) in [6, 6.07) is 9.04. The normalized spacial score (nSPS) is 19.1. The number of nitrogens with one attached hydrogen (secondary N) is 1. The quantitative estimate of drug-likeness (QED) is 0.921. The Bertz CT molecular complexity index is 569. The van der Waals surface area contributed by atoms with Crippen molar-refractivity contribution in [1.29, 1.82) is 0 Å². The van der Waals surface area contributed by atoms with Crippen molar-refractivity contribution in [3.63, 3.8) is 0 Å². The molecular weight excluding hydrogens is 278 g/mol. The third-order valence-electron chi connectivity index (χ3n) is 3.34. The van der Waals surface area contributed by atoms with Crippen molar-refractivity contribution < 1.29 is 0 Å². The summed E-state index contributed by atoms with van der Waals surface area (Å²) in [4.78, 5) is 7.73. The van der Waals surface area contributed by atoms with Gasteiger partial charge in [0.05, 0.1) is 6.54 Å². The number of benzene rings is 1. The fourth-order valence-electron chi connectivity index (χ4n) is 2.44.